The molecule has 0 spiro atoms. The van der Waals surface area contributed by atoms with E-state index in [1.54, 1.807) is 19.1 Å². The summed E-state index contributed by atoms with van der Waals surface area (Å²) in [5.74, 6) is 0.401. The van der Waals surface area contributed by atoms with Gasteiger partial charge in [0.1, 0.15) is 0 Å². The van der Waals surface area contributed by atoms with Crippen LogP contribution in [0.25, 0.3) is 5.78 Å². The van der Waals surface area contributed by atoms with Crippen LogP contribution < -0.4 is 11.3 Å². The highest BCUT2D eigenvalue weighted by Crippen LogP contribution is 2.23. The summed E-state index contributed by atoms with van der Waals surface area (Å²) >= 11 is 11.9. The number of aryl methyl sites for hydroxylation is 1. The standard InChI is InChI=1S/C13H11Cl2N5O/c1-6-8(4-7-2-3-9(14)10(15)5-7)11(21)20-13(17-6)18-12(16)19-20/h2-3,5H,4H2,1H3,(H3,16,17,18,19). The number of hydrogen-bond acceptors (Lipinski definition) is 4. The number of nitrogens with one attached hydrogen (secondary N) is 1. The molecule has 0 saturated carbocycles. The fraction of sp³-hybridized carbons (Fsp3) is 0.154. The molecule has 0 amide bonds. The van der Waals surface area contributed by atoms with Crippen molar-refractivity contribution in [1.29, 1.82) is 0 Å². The van der Waals surface area contributed by atoms with E-state index in [1.165, 1.54) is 4.52 Å². The predicted octanol–water partition coefficient (Wildman–Crippen LogP) is 2.21. The first-order chi connectivity index (χ1) is 9.95. The van der Waals surface area contributed by atoms with Gasteiger partial charge >= 0.3 is 0 Å². The first-order valence-corrected chi connectivity index (χ1v) is 6.89. The summed E-state index contributed by atoms with van der Waals surface area (Å²) in [5, 5.41) is 3.59. The number of halogens is 2. The van der Waals surface area contributed by atoms with E-state index in [0.717, 1.165) is 5.56 Å². The van der Waals surface area contributed by atoms with E-state index in [0.29, 0.717) is 27.7 Å². The Morgan fingerprint density at radius 3 is 2.76 bits per heavy atom. The largest absolute Gasteiger partial charge is 0.368 e. The van der Waals surface area contributed by atoms with E-state index in [9.17, 15) is 4.79 Å². The third-order valence-electron chi connectivity index (χ3n) is 3.18. The third-order valence-corrected chi connectivity index (χ3v) is 3.92. The van der Waals surface area contributed by atoms with E-state index in [2.05, 4.69) is 15.1 Å². The fourth-order valence-corrected chi connectivity index (χ4v) is 2.45. The van der Waals surface area contributed by atoms with Gasteiger partial charge < -0.3 is 5.73 Å². The molecule has 2 heterocycles. The topological polar surface area (TPSA) is 89.1 Å². The summed E-state index contributed by atoms with van der Waals surface area (Å²) in [4.78, 5) is 20.7. The average Bonchev–Trinajstić information content (AvgIpc) is 2.79. The Kier molecular flexibility index (Phi) is 3.35. The average molecular weight is 324 g/mol. The minimum atomic E-state index is -0.229. The lowest BCUT2D eigenvalue weighted by Gasteiger charge is -2.06. The van der Waals surface area contributed by atoms with E-state index >= 15 is 0 Å². The van der Waals surface area contributed by atoms with Crippen LogP contribution in [0.1, 0.15) is 16.8 Å². The molecule has 0 unspecified atom stereocenters. The number of aromatic amines is 1. The molecule has 0 aliphatic carbocycles. The first-order valence-electron chi connectivity index (χ1n) is 6.13. The van der Waals surface area contributed by atoms with E-state index < -0.39 is 0 Å². The second kappa shape index (κ2) is 5.05. The second-order valence-corrected chi connectivity index (χ2v) is 5.46. The van der Waals surface area contributed by atoms with Crippen molar-refractivity contribution in [1.82, 2.24) is 19.6 Å². The van der Waals surface area contributed by atoms with Crippen molar-refractivity contribution >= 4 is 34.9 Å². The molecule has 0 atom stereocenters. The smallest absolute Gasteiger partial charge is 0.277 e. The highest BCUT2D eigenvalue weighted by molar-refractivity contribution is 6.42. The van der Waals surface area contributed by atoms with Crippen LogP contribution in [-0.4, -0.2) is 19.6 Å². The van der Waals surface area contributed by atoms with Gasteiger partial charge in [-0.1, -0.05) is 29.3 Å². The molecule has 6 nitrogen and oxygen atoms in total. The van der Waals surface area contributed by atoms with Crippen molar-refractivity contribution in [3.8, 4) is 0 Å². The summed E-state index contributed by atoms with van der Waals surface area (Å²) in [7, 11) is 0. The first kappa shape index (κ1) is 13.9. The molecule has 1 aromatic carbocycles. The van der Waals surface area contributed by atoms with Crippen LogP contribution in [0.5, 0.6) is 0 Å². The van der Waals surface area contributed by atoms with Gasteiger partial charge in [0.2, 0.25) is 5.95 Å². The fourth-order valence-electron chi connectivity index (χ4n) is 2.13. The van der Waals surface area contributed by atoms with Crippen molar-refractivity contribution in [2.75, 3.05) is 5.73 Å². The quantitative estimate of drug-likeness (QED) is 0.756. The Labute approximate surface area is 129 Å². The lowest BCUT2D eigenvalue weighted by molar-refractivity contribution is 0.861. The lowest BCUT2D eigenvalue weighted by Crippen LogP contribution is -2.22. The van der Waals surface area contributed by atoms with Crippen LogP contribution in [0.4, 0.5) is 5.95 Å². The monoisotopic (exact) mass is 323 g/mol. The molecule has 0 bridgehead atoms. The number of nitrogens with zero attached hydrogens (tertiary/aromatic N) is 3. The molecule has 3 N–H and O–H groups in total. The van der Waals surface area contributed by atoms with Crippen molar-refractivity contribution in [2.45, 2.75) is 13.3 Å². The van der Waals surface area contributed by atoms with Gasteiger partial charge in [0.25, 0.3) is 11.3 Å². The maximum atomic E-state index is 12.5. The van der Waals surface area contributed by atoms with Gasteiger partial charge in [-0.25, -0.2) is 4.98 Å². The highest BCUT2D eigenvalue weighted by atomic mass is 35.5. The number of H-pyrrole nitrogens is 1. The predicted molar refractivity (Wildman–Crippen MR) is 82.0 cm³/mol. The Hall–Kier alpha value is -2.05. The minimum Gasteiger partial charge on any atom is -0.368 e. The van der Waals surface area contributed by atoms with Crippen LogP contribution in [0, 0.1) is 6.92 Å². The van der Waals surface area contributed by atoms with Gasteiger partial charge in [-0.05, 0) is 24.6 Å². The SMILES string of the molecule is Cc1nc2nc(N)[nH]n2c(=O)c1Cc1ccc(Cl)c(Cl)c1. The van der Waals surface area contributed by atoms with Crippen LogP contribution in [-0.2, 0) is 6.42 Å². The summed E-state index contributed by atoms with van der Waals surface area (Å²) < 4.78 is 1.23. The second-order valence-electron chi connectivity index (χ2n) is 4.65. The number of aromatic nitrogens is 4. The van der Waals surface area contributed by atoms with Gasteiger partial charge in [0, 0.05) is 12.0 Å². The summed E-state index contributed by atoms with van der Waals surface area (Å²) in [5.41, 5.74) is 7.35. The number of rotatable bonds is 2. The van der Waals surface area contributed by atoms with Crippen LogP contribution in [0.2, 0.25) is 10.0 Å². The summed E-state index contributed by atoms with van der Waals surface area (Å²) in [6.07, 6.45) is 0.399. The summed E-state index contributed by atoms with van der Waals surface area (Å²) in [6, 6.07) is 5.26. The molecular formula is C13H11Cl2N5O. The van der Waals surface area contributed by atoms with Crippen LogP contribution >= 0.6 is 23.2 Å². The third kappa shape index (κ3) is 2.48. The van der Waals surface area contributed by atoms with Crippen molar-refractivity contribution in [3.63, 3.8) is 0 Å². The molecule has 0 fully saturated rings. The van der Waals surface area contributed by atoms with Gasteiger partial charge in [-0.3, -0.25) is 9.89 Å². The van der Waals surface area contributed by atoms with E-state index in [4.69, 9.17) is 28.9 Å². The zero-order chi connectivity index (χ0) is 15.1. The summed E-state index contributed by atoms with van der Waals surface area (Å²) in [6.45, 7) is 1.76. The molecule has 3 aromatic rings. The Morgan fingerprint density at radius 2 is 2.05 bits per heavy atom. The molecule has 0 saturated heterocycles. The highest BCUT2D eigenvalue weighted by Gasteiger charge is 2.13. The normalized spacial score (nSPS) is 11.2. The Bertz CT molecular complexity index is 899. The number of nitrogen functional groups attached to an aromatic ring is 1. The number of benzene rings is 1. The minimum absolute atomic E-state index is 0.144. The Balaban J connectivity index is 2.11. The van der Waals surface area contributed by atoms with Crippen LogP contribution in [0.15, 0.2) is 23.0 Å². The molecule has 0 radical (unpaired) electrons. The molecule has 2 aromatic heterocycles. The number of hydrogen-bond donors (Lipinski definition) is 2. The number of nitrogens with two attached hydrogens (primary N) is 1. The molecule has 21 heavy (non-hydrogen) atoms. The molecule has 0 aliphatic heterocycles. The van der Waals surface area contributed by atoms with Gasteiger partial charge in [-0.15, -0.1) is 0 Å². The van der Waals surface area contributed by atoms with Gasteiger partial charge in [-0.2, -0.15) is 9.50 Å². The molecule has 108 valence electrons. The van der Waals surface area contributed by atoms with E-state index in [-0.39, 0.29) is 17.3 Å². The van der Waals surface area contributed by atoms with Crippen molar-refractivity contribution in [2.24, 2.45) is 0 Å². The molecular weight excluding hydrogens is 313 g/mol. The van der Waals surface area contributed by atoms with Crippen LogP contribution in [0.3, 0.4) is 0 Å². The maximum Gasteiger partial charge on any atom is 0.277 e. The van der Waals surface area contributed by atoms with Gasteiger partial charge in [0.15, 0.2) is 0 Å². The molecule has 3 rings (SSSR count). The molecule has 0 aliphatic rings. The van der Waals surface area contributed by atoms with Crippen molar-refractivity contribution in [3.05, 3.63) is 55.4 Å². The lowest BCUT2D eigenvalue weighted by atomic mass is 10.1. The Morgan fingerprint density at radius 1 is 1.29 bits per heavy atom. The van der Waals surface area contributed by atoms with E-state index in [1.807, 2.05) is 6.07 Å². The van der Waals surface area contributed by atoms with Gasteiger partial charge in [0.05, 0.1) is 15.7 Å². The molecule has 8 heteroatoms. The zero-order valence-electron chi connectivity index (χ0n) is 11.0. The maximum absolute atomic E-state index is 12.5. The zero-order valence-corrected chi connectivity index (χ0v) is 12.5. The number of fused-ring (bicyclic) bond motifs is 1. The van der Waals surface area contributed by atoms with Crippen molar-refractivity contribution < 1.29 is 0 Å². The number of anilines is 1.